The van der Waals surface area contributed by atoms with E-state index in [1.54, 1.807) is 24.4 Å². The van der Waals surface area contributed by atoms with Gasteiger partial charge in [0.05, 0.1) is 12.6 Å². The molecule has 7 heteroatoms. The van der Waals surface area contributed by atoms with Crippen LogP contribution in [0.5, 0.6) is 11.5 Å². The van der Waals surface area contributed by atoms with E-state index in [2.05, 4.69) is 10.3 Å². The molecule has 2 atom stereocenters. The largest absolute Gasteiger partial charge is 0.491 e. The lowest BCUT2D eigenvalue weighted by molar-refractivity contribution is -0.119. The first-order chi connectivity index (χ1) is 14.0. The monoisotopic (exact) mass is 398 g/mol. The van der Waals surface area contributed by atoms with Crippen LogP contribution in [0.15, 0.2) is 42.6 Å². The van der Waals surface area contributed by atoms with E-state index in [9.17, 15) is 13.6 Å². The number of ether oxygens (including phenoxy) is 2. The summed E-state index contributed by atoms with van der Waals surface area (Å²) in [5, 5.41) is 3.59. The molecule has 3 aromatic rings. The van der Waals surface area contributed by atoms with Crippen LogP contribution in [-0.2, 0) is 4.79 Å². The smallest absolute Gasteiger partial charge is 0.220 e. The van der Waals surface area contributed by atoms with E-state index in [1.165, 1.54) is 19.2 Å². The third-order valence-corrected chi connectivity index (χ3v) is 5.20. The van der Waals surface area contributed by atoms with Crippen molar-refractivity contribution in [3.8, 4) is 22.6 Å². The number of hydrogen-bond acceptors (Lipinski definition) is 4. The van der Waals surface area contributed by atoms with E-state index in [-0.39, 0.29) is 17.9 Å². The summed E-state index contributed by atoms with van der Waals surface area (Å²) in [5.74, 6) is -1.38. The summed E-state index contributed by atoms with van der Waals surface area (Å²) in [4.78, 5) is 15.9. The minimum Gasteiger partial charge on any atom is -0.491 e. The summed E-state index contributed by atoms with van der Waals surface area (Å²) in [5.41, 5.74) is 1.56. The van der Waals surface area contributed by atoms with Crippen LogP contribution < -0.4 is 14.8 Å². The van der Waals surface area contributed by atoms with Crippen molar-refractivity contribution in [3.63, 3.8) is 0 Å². The lowest BCUT2D eigenvalue weighted by Gasteiger charge is -2.21. The number of pyridine rings is 1. The molecule has 29 heavy (non-hydrogen) atoms. The van der Waals surface area contributed by atoms with Gasteiger partial charge in [0.25, 0.3) is 0 Å². The van der Waals surface area contributed by atoms with Gasteiger partial charge in [-0.3, -0.25) is 9.78 Å². The van der Waals surface area contributed by atoms with E-state index in [4.69, 9.17) is 9.47 Å². The summed E-state index contributed by atoms with van der Waals surface area (Å²) in [6.07, 6.45) is 1.83. The molecule has 2 aromatic carbocycles. The number of benzene rings is 2. The van der Waals surface area contributed by atoms with Gasteiger partial charge in [-0.15, -0.1) is 0 Å². The maximum Gasteiger partial charge on any atom is 0.220 e. The molecule has 1 aromatic heterocycles. The Morgan fingerprint density at radius 2 is 1.90 bits per heavy atom. The average molecular weight is 398 g/mol. The molecule has 0 spiro atoms. The zero-order valence-electron chi connectivity index (χ0n) is 16.0. The van der Waals surface area contributed by atoms with Crippen molar-refractivity contribution < 1.29 is 23.0 Å². The molecule has 0 bridgehead atoms. The Bertz CT molecular complexity index is 1060. The molecule has 2 heterocycles. The van der Waals surface area contributed by atoms with Crippen LogP contribution in [0, 0.1) is 17.6 Å². The van der Waals surface area contributed by atoms with Gasteiger partial charge < -0.3 is 14.8 Å². The fourth-order valence-electron chi connectivity index (χ4n) is 3.59. The SMILES string of the molecule is COc1c(F)cc(-c2cc(OC(C)C3CNC(=O)C3)c3cccnc3c2)cc1F. The first kappa shape index (κ1) is 19.1. The van der Waals surface area contributed by atoms with E-state index in [0.29, 0.717) is 35.4 Å². The lowest BCUT2D eigenvalue weighted by Crippen LogP contribution is -2.25. The summed E-state index contributed by atoms with van der Waals surface area (Å²) in [6, 6.07) is 9.62. The normalized spacial score (nSPS) is 17.2. The maximum absolute atomic E-state index is 14.2. The lowest BCUT2D eigenvalue weighted by atomic mass is 10.0. The Morgan fingerprint density at radius 3 is 2.55 bits per heavy atom. The van der Waals surface area contributed by atoms with Crippen LogP contribution >= 0.6 is 0 Å². The molecule has 2 unspecified atom stereocenters. The first-order valence-electron chi connectivity index (χ1n) is 9.32. The van der Waals surface area contributed by atoms with Gasteiger partial charge in [0.15, 0.2) is 17.4 Å². The number of fused-ring (bicyclic) bond motifs is 1. The van der Waals surface area contributed by atoms with Gasteiger partial charge >= 0.3 is 0 Å². The van der Waals surface area contributed by atoms with Crippen molar-refractivity contribution in [1.29, 1.82) is 0 Å². The van der Waals surface area contributed by atoms with E-state index in [1.807, 2.05) is 13.0 Å². The summed E-state index contributed by atoms with van der Waals surface area (Å²) in [6.45, 7) is 2.47. The fraction of sp³-hybridized carbons (Fsp3) is 0.273. The van der Waals surface area contributed by atoms with Gasteiger partial charge in [0, 0.05) is 30.5 Å². The second kappa shape index (κ2) is 7.66. The molecular formula is C22H20F2N2O3. The van der Waals surface area contributed by atoms with Crippen LogP contribution in [0.25, 0.3) is 22.0 Å². The molecule has 150 valence electrons. The summed E-state index contributed by atoms with van der Waals surface area (Å²) >= 11 is 0. The van der Waals surface area contributed by atoms with Crippen molar-refractivity contribution in [2.75, 3.05) is 13.7 Å². The van der Waals surface area contributed by atoms with E-state index < -0.39 is 17.4 Å². The second-order valence-corrected chi connectivity index (χ2v) is 7.11. The highest BCUT2D eigenvalue weighted by Gasteiger charge is 2.28. The number of methoxy groups -OCH3 is 1. The number of nitrogens with one attached hydrogen (secondary N) is 1. The van der Waals surface area contributed by atoms with Gasteiger partial charge in [0.2, 0.25) is 5.91 Å². The number of aromatic nitrogens is 1. The molecule has 1 aliphatic heterocycles. The van der Waals surface area contributed by atoms with Crippen molar-refractivity contribution in [2.45, 2.75) is 19.4 Å². The van der Waals surface area contributed by atoms with Gasteiger partial charge in [0.1, 0.15) is 11.9 Å². The minimum absolute atomic E-state index is 0.00917. The van der Waals surface area contributed by atoms with Crippen molar-refractivity contribution in [3.05, 3.63) is 54.2 Å². The van der Waals surface area contributed by atoms with Crippen LogP contribution in [0.4, 0.5) is 8.78 Å². The van der Waals surface area contributed by atoms with Gasteiger partial charge in [-0.05, 0) is 54.4 Å². The second-order valence-electron chi connectivity index (χ2n) is 7.11. The molecule has 4 rings (SSSR count). The Kier molecular flexibility index (Phi) is 5.05. The molecule has 1 amide bonds. The molecule has 0 saturated carbocycles. The zero-order valence-corrected chi connectivity index (χ0v) is 16.0. The molecule has 1 fully saturated rings. The highest BCUT2D eigenvalue weighted by atomic mass is 19.1. The molecule has 1 saturated heterocycles. The van der Waals surface area contributed by atoms with E-state index >= 15 is 0 Å². The minimum atomic E-state index is -0.782. The van der Waals surface area contributed by atoms with Crippen LogP contribution in [-0.4, -0.2) is 30.6 Å². The molecule has 5 nitrogen and oxygen atoms in total. The number of amides is 1. The first-order valence-corrected chi connectivity index (χ1v) is 9.32. The van der Waals surface area contributed by atoms with Crippen LogP contribution in [0.3, 0.4) is 0 Å². The Hall–Kier alpha value is -3.22. The molecule has 0 radical (unpaired) electrons. The number of rotatable bonds is 5. The molecular weight excluding hydrogens is 378 g/mol. The van der Waals surface area contributed by atoms with Gasteiger partial charge in [-0.25, -0.2) is 8.78 Å². The van der Waals surface area contributed by atoms with Crippen molar-refractivity contribution in [2.24, 2.45) is 5.92 Å². The molecule has 1 N–H and O–H groups in total. The number of carbonyl (C=O) groups is 1. The van der Waals surface area contributed by atoms with Gasteiger partial charge in [-0.2, -0.15) is 0 Å². The Labute approximate surface area is 166 Å². The number of nitrogens with zero attached hydrogens (tertiary/aromatic N) is 1. The number of carbonyl (C=O) groups excluding carboxylic acids is 1. The molecule has 1 aliphatic rings. The summed E-state index contributed by atoms with van der Waals surface area (Å²) in [7, 11) is 1.22. The van der Waals surface area contributed by atoms with Crippen LogP contribution in [0.1, 0.15) is 13.3 Å². The molecule has 0 aliphatic carbocycles. The topological polar surface area (TPSA) is 60.5 Å². The zero-order chi connectivity index (χ0) is 20.5. The highest BCUT2D eigenvalue weighted by Crippen LogP contribution is 2.35. The highest BCUT2D eigenvalue weighted by molar-refractivity contribution is 5.90. The predicted octanol–water partition coefficient (Wildman–Crippen LogP) is 4.09. The standard InChI is InChI=1S/C22H20F2N2O3/c1-12(15-10-21(27)26-11-15)29-20-9-14(8-19-16(20)4-3-5-25-19)13-6-17(23)22(28-2)18(24)7-13/h3-9,12,15H,10-11H2,1-2H3,(H,26,27). The quantitative estimate of drug-likeness (QED) is 0.703. The van der Waals surface area contributed by atoms with Crippen LogP contribution in [0.2, 0.25) is 0 Å². The summed E-state index contributed by atoms with van der Waals surface area (Å²) < 4.78 is 39.4. The predicted molar refractivity (Wildman–Crippen MR) is 105 cm³/mol. The fourth-order valence-corrected chi connectivity index (χ4v) is 3.59. The van der Waals surface area contributed by atoms with Crippen molar-refractivity contribution >= 4 is 16.8 Å². The third kappa shape index (κ3) is 3.72. The van der Waals surface area contributed by atoms with Gasteiger partial charge in [-0.1, -0.05) is 0 Å². The Balaban J connectivity index is 1.76. The number of hydrogen-bond donors (Lipinski definition) is 1. The third-order valence-electron chi connectivity index (χ3n) is 5.20. The van der Waals surface area contributed by atoms with E-state index in [0.717, 1.165) is 5.39 Å². The number of halogens is 2. The average Bonchev–Trinajstić information content (AvgIpc) is 3.14. The van der Waals surface area contributed by atoms with Crippen molar-refractivity contribution in [1.82, 2.24) is 10.3 Å². The Morgan fingerprint density at radius 1 is 1.17 bits per heavy atom. The maximum atomic E-state index is 14.2.